The van der Waals surface area contributed by atoms with Gasteiger partial charge in [-0.3, -0.25) is 9.69 Å². The van der Waals surface area contributed by atoms with E-state index in [4.69, 9.17) is 14.2 Å². The van der Waals surface area contributed by atoms with Crippen molar-refractivity contribution in [2.45, 2.75) is 32.7 Å². The molecule has 1 N–H and O–H groups in total. The molecule has 158 valence electrons. The van der Waals surface area contributed by atoms with Crippen molar-refractivity contribution in [3.63, 3.8) is 0 Å². The van der Waals surface area contributed by atoms with Crippen molar-refractivity contribution >= 4 is 5.91 Å². The first-order valence-corrected chi connectivity index (χ1v) is 9.99. The summed E-state index contributed by atoms with van der Waals surface area (Å²) in [5.74, 6) is 2.15. The van der Waals surface area contributed by atoms with Crippen molar-refractivity contribution in [3.05, 3.63) is 17.7 Å². The van der Waals surface area contributed by atoms with Crippen LogP contribution in [0.1, 0.15) is 25.8 Å². The zero-order valence-electron chi connectivity index (χ0n) is 17.9. The number of methoxy groups -OCH3 is 3. The number of nitrogens with one attached hydrogen (secondary N) is 1. The van der Waals surface area contributed by atoms with Crippen molar-refractivity contribution < 1.29 is 19.0 Å². The van der Waals surface area contributed by atoms with Gasteiger partial charge < -0.3 is 24.4 Å². The van der Waals surface area contributed by atoms with Gasteiger partial charge in [0, 0.05) is 32.2 Å². The largest absolute Gasteiger partial charge is 0.493 e. The second-order valence-corrected chi connectivity index (χ2v) is 7.48. The molecule has 1 heterocycles. The Bertz CT molecular complexity index is 603. The Morgan fingerprint density at radius 2 is 1.57 bits per heavy atom. The molecule has 0 bridgehead atoms. The maximum atomic E-state index is 11.9. The monoisotopic (exact) mass is 393 g/mol. The number of rotatable bonds is 10. The van der Waals surface area contributed by atoms with Crippen LogP contribution in [0.25, 0.3) is 0 Å². The first kappa shape index (κ1) is 22.3. The van der Waals surface area contributed by atoms with E-state index >= 15 is 0 Å². The smallest absolute Gasteiger partial charge is 0.234 e. The van der Waals surface area contributed by atoms with Crippen LogP contribution in [0.5, 0.6) is 17.2 Å². The lowest BCUT2D eigenvalue weighted by Crippen LogP contribution is -2.50. The molecule has 2 rings (SSSR count). The van der Waals surface area contributed by atoms with Gasteiger partial charge in [0.2, 0.25) is 11.7 Å². The van der Waals surface area contributed by atoms with Crippen LogP contribution in [0.3, 0.4) is 0 Å². The third kappa shape index (κ3) is 6.56. The lowest BCUT2D eigenvalue weighted by molar-refractivity contribution is -0.123. The maximum Gasteiger partial charge on any atom is 0.234 e. The van der Waals surface area contributed by atoms with Gasteiger partial charge in [0.05, 0.1) is 27.9 Å². The number of benzene rings is 1. The second kappa shape index (κ2) is 11.1. The van der Waals surface area contributed by atoms with Gasteiger partial charge in [-0.25, -0.2) is 0 Å². The van der Waals surface area contributed by atoms with Gasteiger partial charge in [0.1, 0.15) is 0 Å². The number of carbonyl (C=O) groups is 1. The number of hydrogen-bond acceptors (Lipinski definition) is 6. The highest BCUT2D eigenvalue weighted by Crippen LogP contribution is 2.38. The Morgan fingerprint density at radius 1 is 1.00 bits per heavy atom. The summed E-state index contributed by atoms with van der Waals surface area (Å²) in [6.07, 6.45) is 2.01. The SMILES string of the molecule is COc1cc(CCCN2CCN(CC(=O)NC(C)C)CC2)cc(OC)c1OC. The molecular weight excluding hydrogens is 358 g/mol. The molecule has 7 nitrogen and oxygen atoms in total. The van der Waals surface area contributed by atoms with Crippen LogP contribution in [-0.2, 0) is 11.2 Å². The van der Waals surface area contributed by atoms with E-state index in [1.54, 1.807) is 21.3 Å². The fraction of sp³-hybridized carbons (Fsp3) is 0.667. The quantitative estimate of drug-likeness (QED) is 0.654. The molecule has 7 heteroatoms. The van der Waals surface area contributed by atoms with E-state index < -0.39 is 0 Å². The normalized spacial score (nSPS) is 15.5. The molecule has 0 aromatic heterocycles. The summed E-state index contributed by atoms with van der Waals surface area (Å²) in [5.41, 5.74) is 1.18. The minimum Gasteiger partial charge on any atom is -0.493 e. The Labute approximate surface area is 168 Å². The highest BCUT2D eigenvalue weighted by Gasteiger charge is 2.19. The van der Waals surface area contributed by atoms with Gasteiger partial charge in [-0.15, -0.1) is 0 Å². The molecule has 1 aromatic carbocycles. The van der Waals surface area contributed by atoms with Crippen LogP contribution in [0.4, 0.5) is 0 Å². The first-order valence-electron chi connectivity index (χ1n) is 9.99. The minimum absolute atomic E-state index is 0.117. The maximum absolute atomic E-state index is 11.9. The molecule has 1 aromatic rings. The number of piperazine rings is 1. The lowest BCUT2D eigenvalue weighted by atomic mass is 10.1. The molecule has 0 spiro atoms. The predicted octanol–water partition coefficient (Wildman–Crippen LogP) is 1.79. The van der Waals surface area contributed by atoms with Gasteiger partial charge in [-0.2, -0.15) is 0 Å². The van der Waals surface area contributed by atoms with Crippen molar-refractivity contribution in [2.75, 3.05) is 60.6 Å². The summed E-state index contributed by atoms with van der Waals surface area (Å²) in [6.45, 7) is 9.41. The molecule has 0 saturated carbocycles. The number of hydrogen-bond donors (Lipinski definition) is 1. The second-order valence-electron chi connectivity index (χ2n) is 7.48. The highest BCUT2D eigenvalue weighted by atomic mass is 16.5. The van der Waals surface area contributed by atoms with Crippen LogP contribution in [-0.4, -0.2) is 82.3 Å². The topological polar surface area (TPSA) is 63.3 Å². The Hall–Kier alpha value is -1.99. The Kier molecular flexibility index (Phi) is 8.86. The van der Waals surface area contributed by atoms with Crippen LogP contribution in [0.15, 0.2) is 12.1 Å². The minimum atomic E-state index is 0.117. The molecule has 1 saturated heterocycles. The molecule has 28 heavy (non-hydrogen) atoms. The number of amides is 1. The van der Waals surface area contributed by atoms with E-state index in [2.05, 4.69) is 15.1 Å². The van der Waals surface area contributed by atoms with E-state index in [1.807, 2.05) is 26.0 Å². The summed E-state index contributed by atoms with van der Waals surface area (Å²) >= 11 is 0. The summed E-state index contributed by atoms with van der Waals surface area (Å²) < 4.78 is 16.2. The van der Waals surface area contributed by atoms with Gasteiger partial charge in [0.25, 0.3) is 0 Å². The molecule has 0 atom stereocenters. The summed E-state index contributed by atoms with van der Waals surface area (Å²) in [6, 6.07) is 4.24. The molecule has 0 radical (unpaired) electrons. The molecular formula is C21H35N3O4. The zero-order chi connectivity index (χ0) is 20.5. The highest BCUT2D eigenvalue weighted by molar-refractivity contribution is 5.78. The van der Waals surface area contributed by atoms with Crippen LogP contribution >= 0.6 is 0 Å². The van der Waals surface area contributed by atoms with E-state index in [0.29, 0.717) is 23.8 Å². The van der Waals surface area contributed by atoms with E-state index in [-0.39, 0.29) is 11.9 Å². The van der Waals surface area contributed by atoms with Crippen molar-refractivity contribution in [1.82, 2.24) is 15.1 Å². The van der Waals surface area contributed by atoms with Crippen molar-refractivity contribution in [1.29, 1.82) is 0 Å². The molecule has 0 aliphatic carbocycles. The fourth-order valence-corrected chi connectivity index (χ4v) is 3.53. The molecule has 1 aliphatic rings. The molecule has 0 unspecified atom stereocenters. The average Bonchev–Trinajstić information content (AvgIpc) is 2.67. The Morgan fingerprint density at radius 3 is 2.07 bits per heavy atom. The van der Waals surface area contributed by atoms with E-state index in [1.165, 1.54) is 5.56 Å². The van der Waals surface area contributed by atoms with E-state index in [0.717, 1.165) is 45.6 Å². The summed E-state index contributed by atoms with van der Waals surface area (Å²) in [4.78, 5) is 16.6. The standard InChI is InChI=1S/C21H35N3O4/c1-16(2)22-20(25)15-24-11-9-23(10-12-24)8-6-7-17-13-18(26-3)21(28-5)19(14-17)27-4/h13-14,16H,6-12,15H2,1-5H3,(H,22,25). The van der Waals surface area contributed by atoms with Crippen molar-refractivity contribution in [2.24, 2.45) is 0 Å². The molecule has 1 fully saturated rings. The third-order valence-corrected chi connectivity index (χ3v) is 4.95. The Balaban J connectivity index is 1.77. The van der Waals surface area contributed by atoms with Crippen LogP contribution < -0.4 is 19.5 Å². The fourth-order valence-electron chi connectivity index (χ4n) is 3.53. The molecule has 1 amide bonds. The first-order chi connectivity index (χ1) is 13.5. The number of nitrogens with zero attached hydrogens (tertiary/aromatic N) is 2. The third-order valence-electron chi connectivity index (χ3n) is 4.95. The van der Waals surface area contributed by atoms with Crippen molar-refractivity contribution in [3.8, 4) is 17.2 Å². The van der Waals surface area contributed by atoms with Gasteiger partial charge in [0.15, 0.2) is 11.5 Å². The van der Waals surface area contributed by atoms with Gasteiger partial charge in [-0.05, 0) is 50.9 Å². The average molecular weight is 394 g/mol. The lowest BCUT2D eigenvalue weighted by Gasteiger charge is -2.34. The van der Waals surface area contributed by atoms with Gasteiger partial charge >= 0.3 is 0 Å². The van der Waals surface area contributed by atoms with Gasteiger partial charge in [-0.1, -0.05) is 0 Å². The summed E-state index contributed by atoms with van der Waals surface area (Å²) in [7, 11) is 4.90. The number of ether oxygens (including phenoxy) is 3. The van der Waals surface area contributed by atoms with E-state index in [9.17, 15) is 4.79 Å². The predicted molar refractivity (Wildman–Crippen MR) is 111 cm³/mol. The van der Waals surface area contributed by atoms with Crippen LogP contribution in [0.2, 0.25) is 0 Å². The summed E-state index contributed by atoms with van der Waals surface area (Å²) in [5, 5.41) is 2.96. The zero-order valence-corrected chi connectivity index (χ0v) is 17.9. The number of carbonyl (C=O) groups excluding carboxylic acids is 1. The molecule has 1 aliphatic heterocycles. The number of aryl methyl sites for hydroxylation is 1. The van der Waals surface area contributed by atoms with Crippen LogP contribution in [0, 0.1) is 0 Å².